The molecule has 4 heteroatoms. The van der Waals surface area contributed by atoms with Crippen molar-refractivity contribution in [3.8, 4) is 0 Å². The zero-order valence-electron chi connectivity index (χ0n) is 10.5. The largest absolute Gasteiger partial charge is 0.207 e. The van der Waals surface area contributed by atoms with Crippen LogP contribution >= 0.6 is 39.1 Å². The highest BCUT2D eigenvalue weighted by Gasteiger charge is 2.20. The summed E-state index contributed by atoms with van der Waals surface area (Å²) in [5.41, 5.74) is 3.25. The molecule has 0 N–H and O–H groups in total. The summed E-state index contributed by atoms with van der Waals surface area (Å²) in [5, 5.41) is -0.250. The summed E-state index contributed by atoms with van der Waals surface area (Å²) < 4.78 is 14.9. The van der Waals surface area contributed by atoms with Crippen molar-refractivity contribution in [1.82, 2.24) is 0 Å². The Morgan fingerprint density at radius 3 is 2.47 bits per heavy atom. The molecule has 0 spiro atoms. The van der Waals surface area contributed by atoms with E-state index in [9.17, 15) is 4.39 Å². The molecule has 2 rings (SSSR count). The van der Waals surface area contributed by atoms with Crippen molar-refractivity contribution in [2.75, 3.05) is 0 Å². The molecule has 0 heterocycles. The summed E-state index contributed by atoms with van der Waals surface area (Å²) in [7, 11) is 0. The number of benzene rings is 2. The Balaban J connectivity index is 2.56. The number of halogens is 4. The van der Waals surface area contributed by atoms with Crippen LogP contribution in [0.5, 0.6) is 0 Å². The quantitative estimate of drug-likeness (QED) is 0.559. The second kappa shape index (κ2) is 5.82. The number of alkyl halides is 1. The molecule has 1 unspecified atom stereocenters. The van der Waals surface area contributed by atoms with Crippen LogP contribution in [0.25, 0.3) is 0 Å². The standard InChI is InChI=1S/C15H12BrCl2F/c1-8-7-11(16)9(2)6-10(8)15(18)14-12(17)4-3-5-13(14)19/h3-7,15H,1-2H3. The van der Waals surface area contributed by atoms with Crippen molar-refractivity contribution in [2.45, 2.75) is 19.2 Å². The molecule has 2 aromatic rings. The lowest BCUT2D eigenvalue weighted by atomic mass is 9.97. The van der Waals surface area contributed by atoms with E-state index in [-0.39, 0.29) is 5.82 Å². The van der Waals surface area contributed by atoms with Gasteiger partial charge in [-0.1, -0.05) is 39.7 Å². The Kier molecular flexibility index (Phi) is 4.54. The van der Waals surface area contributed by atoms with Crippen LogP contribution in [0.3, 0.4) is 0 Å². The van der Waals surface area contributed by atoms with E-state index in [4.69, 9.17) is 23.2 Å². The molecule has 0 aromatic heterocycles. The number of hydrogen-bond donors (Lipinski definition) is 0. The number of rotatable bonds is 2. The fourth-order valence-electron chi connectivity index (χ4n) is 1.98. The van der Waals surface area contributed by atoms with Crippen LogP contribution in [0.1, 0.15) is 27.6 Å². The molecule has 0 aliphatic carbocycles. The van der Waals surface area contributed by atoms with E-state index in [2.05, 4.69) is 15.9 Å². The van der Waals surface area contributed by atoms with Crippen LogP contribution in [0.15, 0.2) is 34.8 Å². The first-order valence-corrected chi connectivity index (χ1v) is 7.37. The highest BCUT2D eigenvalue weighted by atomic mass is 79.9. The zero-order valence-corrected chi connectivity index (χ0v) is 13.6. The monoisotopic (exact) mass is 360 g/mol. The van der Waals surface area contributed by atoms with Gasteiger partial charge >= 0.3 is 0 Å². The Bertz CT molecular complexity index is 606. The molecular formula is C15H12BrCl2F. The first kappa shape index (κ1) is 14.8. The van der Waals surface area contributed by atoms with E-state index < -0.39 is 5.38 Å². The molecule has 0 nitrogen and oxygen atoms in total. The zero-order chi connectivity index (χ0) is 14.2. The average molecular weight is 362 g/mol. The van der Waals surface area contributed by atoms with Crippen LogP contribution in [-0.4, -0.2) is 0 Å². The van der Waals surface area contributed by atoms with Crippen LogP contribution in [0.4, 0.5) is 4.39 Å². The summed E-state index contributed by atoms with van der Waals surface area (Å²) in [5.74, 6) is -0.382. The van der Waals surface area contributed by atoms with E-state index in [0.29, 0.717) is 10.6 Å². The van der Waals surface area contributed by atoms with Crippen molar-refractivity contribution in [3.05, 3.63) is 67.9 Å². The van der Waals surface area contributed by atoms with Gasteiger partial charge in [-0.2, -0.15) is 0 Å². The molecule has 100 valence electrons. The van der Waals surface area contributed by atoms with E-state index in [1.54, 1.807) is 12.1 Å². The van der Waals surface area contributed by atoms with Gasteiger partial charge in [0, 0.05) is 15.1 Å². The molecular weight excluding hydrogens is 350 g/mol. The highest BCUT2D eigenvalue weighted by Crippen LogP contribution is 2.38. The van der Waals surface area contributed by atoms with Gasteiger partial charge < -0.3 is 0 Å². The van der Waals surface area contributed by atoms with Gasteiger partial charge in [0.2, 0.25) is 0 Å². The van der Waals surface area contributed by atoms with E-state index in [1.165, 1.54) is 6.07 Å². The van der Waals surface area contributed by atoms with Gasteiger partial charge in [-0.25, -0.2) is 4.39 Å². The lowest BCUT2D eigenvalue weighted by Crippen LogP contribution is -2.01. The summed E-state index contributed by atoms with van der Waals surface area (Å²) >= 11 is 16.0. The maximum atomic E-state index is 13.9. The third kappa shape index (κ3) is 2.96. The molecule has 1 atom stereocenters. The van der Waals surface area contributed by atoms with Crippen LogP contribution in [0.2, 0.25) is 5.02 Å². The third-order valence-corrected chi connectivity index (χ3v) is 4.71. The summed E-state index contributed by atoms with van der Waals surface area (Å²) in [6.45, 7) is 3.92. The lowest BCUT2D eigenvalue weighted by molar-refractivity contribution is 0.612. The Hall–Kier alpha value is -0.570. The first-order valence-electron chi connectivity index (χ1n) is 5.76. The van der Waals surface area contributed by atoms with Gasteiger partial charge in [0.05, 0.1) is 5.38 Å². The van der Waals surface area contributed by atoms with Crippen molar-refractivity contribution >= 4 is 39.1 Å². The van der Waals surface area contributed by atoms with Crippen molar-refractivity contribution in [2.24, 2.45) is 0 Å². The van der Waals surface area contributed by atoms with Gasteiger partial charge in [0.15, 0.2) is 0 Å². The van der Waals surface area contributed by atoms with E-state index in [0.717, 1.165) is 21.2 Å². The van der Waals surface area contributed by atoms with Crippen LogP contribution < -0.4 is 0 Å². The minimum absolute atomic E-state index is 0.329. The van der Waals surface area contributed by atoms with Crippen molar-refractivity contribution in [1.29, 1.82) is 0 Å². The fourth-order valence-corrected chi connectivity index (χ4v) is 3.23. The van der Waals surface area contributed by atoms with Gasteiger partial charge in [-0.05, 0) is 48.7 Å². The second-order valence-electron chi connectivity index (χ2n) is 4.46. The molecule has 2 aromatic carbocycles. The lowest BCUT2D eigenvalue weighted by Gasteiger charge is -2.17. The molecule has 0 saturated heterocycles. The summed E-state index contributed by atoms with van der Waals surface area (Å²) in [6.07, 6.45) is 0. The predicted molar refractivity (Wildman–Crippen MR) is 82.7 cm³/mol. The molecule has 0 saturated carbocycles. The highest BCUT2D eigenvalue weighted by molar-refractivity contribution is 9.10. The van der Waals surface area contributed by atoms with Crippen molar-refractivity contribution < 1.29 is 4.39 Å². The van der Waals surface area contributed by atoms with Gasteiger partial charge in [0.25, 0.3) is 0 Å². The first-order chi connectivity index (χ1) is 8.91. The Morgan fingerprint density at radius 1 is 1.16 bits per heavy atom. The molecule has 0 aliphatic heterocycles. The molecule has 0 radical (unpaired) electrons. The van der Waals surface area contributed by atoms with Crippen LogP contribution in [-0.2, 0) is 0 Å². The number of hydrogen-bond acceptors (Lipinski definition) is 0. The second-order valence-corrected chi connectivity index (χ2v) is 6.15. The Morgan fingerprint density at radius 2 is 1.84 bits per heavy atom. The van der Waals surface area contributed by atoms with Gasteiger partial charge in [-0.15, -0.1) is 11.6 Å². The predicted octanol–water partition coefficient (Wildman–Crippen LogP) is 6.19. The Labute approximate surface area is 130 Å². The summed E-state index contributed by atoms with van der Waals surface area (Å²) in [6, 6.07) is 8.53. The topological polar surface area (TPSA) is 0 Å². The smallest absolute Gasteiger partial charge is 0.129 e. The average Bonchev–Trinajstić information content (AvgIpc) is 2.33. The molecule has 19 heavy (non-hydrogen) atoms. The van der Waals surface area contributed by atoms with Crippen LogP contribution in [0, 0.1) is 19.7 Å². The normalized spacial score (nSPS) is 12.5. The maximum absolute atomic E-state index is 13.9. The SMILES string of the molecule is Cc1cc(C(Cl)c2c(F)cccc2Cl)c(C)cc1Br. The fraction of sp³-hybridized carbons (Fsp3) is 0.200. The molecule has 0 fully saturated rings. The molecule has 0 amide bonds. The van der Waals surface area contributed by atoms with Crippen molar-refractivity contribution in [3.63, 3.8) is 0 Å². The molecule has 0 bridgehead atoms. The number of aryl methyl sites for hydroxylation is 2. The third-order valence-electron chi connectivity index (χ3n) is 3.07. The minimum Gasteiger partial charge on any atom is -0.207 e. The minimum atomic E-state index is -0.597. The van der Waals surface area contributed by atoms with Gasteiger partial charge in [0.1, 0.15) is 5.82 Å². The van der Waals surface area contributed by atoms with E-state index in [1.807, 2.05) is 26.0 Å². The maximum Gasteiger partial charge on any atom is 0.129 e. The van der Waals surface area contributed by atoms with E-state index >= 15 is 0 Å². The molecule has 0 aliphatic rings. The van der Waals surface area contributed by atoms with Gasteiger partial charge in [-0.3, -0.25) is 0 Å². The summed E-state index contributed by atoms with van der Waals surface area (Å²) in [4.78, 5) is 0.